The third kappa shape index (κ3) is 1.82. The summed E-state index contributed by atoms with van der Waals surface area (Å²) in [5.74, 6) is 0.997. The number of pyridine rings is 1. The lowest BCUT2D eigenvalue weighted by molar-refractivity contribution is 0.498. The number of piperazine rings is 1. The Kier molecular flexibility index (Phi) is 2.60. The fourth-order valence-corrected chi connectivity index (χ4v) is 2.27. The highest BCUT2D eigenvalue weighted by Crippen LogP contribution is 2.23. The van der Waals surface area contributed by atoms with Crippen molar-refractivity contribution in [3.05, 3.63) is 24.7 Å². The number of rotatable bonds is 1. The molecule has 2 aromatic rings. The second-order valence-corrected chi connectivity index (χ2v) is 4.32. The molecule has 1 fully saturated rings. The van der Waals surface area contributed by atoms with Crippen LogP contribution in [-0.2, 0) is 0 Å². The summed E-state index contributed by atoms with van der Waals surface area (Å²) in [5.41, 5.74) is 0.767. The summed E-state index contributed by atoms with van der Waals surface area (Å²) in [6.45, 7) is 5.17. The van der Waals surface area contributed by atoms with Crippen LogP contribution in [-0.4, -0.2) is 40.6 Å². The predicted octanol–water partition coefficient (Wildman–Crippen LogP) is 0.823. The van der Waals surface area contributed by atoms with Crippen molar-refractivity contribution in [1.29, 1.82) is 0 Å². The highest BCUT2D eigenvalue weighted by Gasteiger charge is 2.21. The molecule has 3 heterocycles. The zero-order chi connectivity index (χ0) is 11.7. The van der Waals surface area contributed by atoms with E-state index in [0.29, 0.717) is 6.04 Å². The van der Waals surface area contributed by atoms with Crippen molar-refractivity contribution < 1.29 is 0 Å². The van der Waals surface area contributed by atoms with Gasteiger partial charge in [-0.25, -0.2) is 15.0 Å². The zero-order valence-corrected chi connectivity index (χ0v) is 9.80. The molecule has 0 amide bonds. The molecule has 0 saturated carbocycles. The fourth-order valence-electron chi connectivity index (χ4n) is 2.27. The minimum atomic E-state index is 0.446. The van der Waals surface area contributed by atoms with Crippen molar-refractivity contribution in [3.63, 3.8) is 0 Å². The maximum absolute atomic E-state index is 4.43. The summed E-state index contributed by atoms with van der Waals surface area (Å²) >= 11 is 0. The maximum atomic E-state index is 4.43. The number of nitrogens with one attached hydrogen (secondary N) is 1. The van der Waals surface area contributed by atoms with E-state index in [1.54, 1.807) is 12.5 Å². The summed E-state index contributed by atoms with van der Waals surface area (Å²) < 4.78 is 0. The molecule has 5 nitrogen and oxygen atoms in total. The van der Waals surface area contributed by atoms with Gasteiger partial charge >= 0.3 is 0 Å². The summed E-state index contributed by atoms with van der Waals surface area (Å²) in [4.78, 5) is 15.2. The highest BCUT2D eigenvalue weighted by atomic mass is 15.3. The van der Waals surface area contributed by atoms with Crippen LogP contribution in [0.5, 0.6) is 0 Å². The normalized spacial score (nSPS) is 20.8. The fraction of sp³-hybridized carbons (Fsp3) is 0.417. The van der Waals surface area contributed by atoms with Crippen molar-refractivity contribution in [3.8, 4) is 0 Å². The van der Waals surface area contributed by atoms with E-state index in [-0.39, 0.29) is 0 Å². The zero-order valence-electron chi connectivity index (χ0n) is 9.80. The number of hydrogen-bond donors (Lipinski definition) is 1. The van der Waals surface area contributed by atoms with E-state index in [1.807, 2.05) is 12.1 Å². The average Bonchev–Trinajstić information content (AvgIpc) is 2.39. The molecular weight excluding hydrogens is 214 g/mol. The molecule has 1 saturated heterocycles. The van der Waals surface area contributed by atoms with Gasteiger partial charge in [0.25, 0.3) is 0 Å². The van der Waals surface area contributed by atoms with E-state index in [1.165, 1.54) is 0 Å². The Morgan fingerprint density at radius 2 is 2.29 bits per heavy atom. The summed E-state index contributed by atoms with van der Waals surface area (Å²) in [7, 11) is 0. The van der Waals surface area contributed by atoms with Gasteiger partial charge in [0.05, 0.1) is 5.39 Å². The number of aromatic nitrogens is 3. The molecule has 1 N–H and O–H groups in total. The lowest BCUT2D eigenvalue weighted by Gasteiger charge is -2.35. The van der Waals surface area contributed by atoms with Crippen LogP contribution in [0.25, 0.3) is 11.0 Å². The number of fused-ring (bicyclic) bond motifs is 1. The van der Waals surface area contributed by atoms with Gasteiger partial charge in [0.1, 0.15) is 12.1 Å². The molecular formula is C12H15N5. The Bertz CT molecular complexity index is 522. The van der Waals surface area contributed by atoms with E-state index < -0.39 is 0 Å². The van der Waals surface area contributed by atoms with Gasteiger partial charge in [-0.3, -0.25) is 0 Å². The van der Waals surface area contributed by atoms with Crippen LogP contribution in [0.2, 0.25) is 0 Å². The van der Waals surface area contributed by atoms with E-state index >= 15 is 0 Å². The Labute approximate surface area is 99.9 Å². The molecule has 0 aliphatic carbocycles. The third-order valence-electron chi connectivity index (χ3n) is 3.16. The van der Waals surface area contributed by atoms with Crippen LogP contribution in [0.15, 0.2) is 24.7 Å². The number of anilines is 1. The van der Waals surface area contributed by atoms with Gasteiger partial charge < -0.3 is 10.2 Å². The predicted molar refractivity (Wildman–Crippen MR) is 67.0 cm³/mol. The Morgan fingerprint density at radius 1 is 1.35 bits per heavy atom. The molecule has 1 aliphatic rings. The molecule has 0 bridgehead atoms. The molecule has 1 aliphatic heterocycles. The first-order valence-electron chi connectivity index (χ1n) is 5.89. The first-order chi connectivity index (χ1) is 8.36. The molecule has 0 unspecified atom stereocenters. The van der Waals surface area contributed by atoms with Gasteiger partial charge in [0, 0.05) is 31.9 Å². The van der Waals surface area contributed by atoms with Gasteiger partial charge in [-0.1, -0.05) is 0 Å². The molecule has 17 heavy (non-hydrogen) atoms. The molecule has 0 spiro atoms. The van der Waals surface area contributed by atoms with Crippen molar-refractivity contribution in [2.75, 3.05) is 24.5 Å². The van der Waals surface area contributed by atoms with Gasteiger partial charge in [0.2, 0.25) is 0 Å². The van der Waals surface area contributed by atoms with Crippen molar-refractivity contribution in [2.45, 2.75) is 13.0 Å². The molecule has 1 atom stereocenters. The van der Waals surface area contributed by atoms with Crippen LogP contribution < -0.4 is 10.2 Å². The van der Waals surface area contributed by atoms with Crippen LogP contribution in [0.3, 0.4) is 0 Å². The van der Waals surface area contributed by atoms with Gasteiger partial charge in [-0.2, -0.15) is 0 Å². The van der Waals surface area contributed by atoms with E-state index in [0.717, 1.165) is 36.5 Å². The van der Waals surface area contributed by atoms with Gasteiger partial charge in [-0.05, 0) is 19.1 Å². The Morgan fingerprint density at radius 3 is 3.18 bits per heavy atom. The minimum Gasteiger partial charge on any atom is -0.351 e. The second kappa shape index (κ2) is 4.25. The SMILES string of the molecule is C[C@H]1CNCCN1c1ncnc2ncccc12. The van der Waals surface area contributed by atoms with Gasteiger partial charge in [-0.15, -0.1) is 0 Å². The molecule has 0 aromatic carbocycles. The maximum Gasteiger partial charge on any atom is 0.164 e. The summed E-state index contributed by atoms with van der Waals surface area (Å²) in [5, 5.41) is 4.41. The first-order valence-corrected chi connectivity index (χ1v) is 5.89. The van der Waals surface area contributed by atoms with Crippen LogP contribution >= 0.6 is 0 Å². The standard InChI is InChI=1S/C12H15N5/c1-9-7-13-5-6-17(9)12-10-3-2-4-14-11(10)15-8-16-12/h2-4,8-9,13H,5-7H2,1H3/t9-/m0/s1. The van der Waals surface area contributed by atoms with E-state index in [2.05, 4.69) is 32.1 Å². The topological polar surface area (TPSA) is 53.9 Å². The van der Waals surface area contributed by atoms with E-state index in [9.17, 15) is 0 Å². The molecule has 88 valence electrons. The Hall–Kier alpha value is -1.75. The summed E-state index contributed by atoms with van der Waals surface area (Å²) in [6.07, 6.45) is 3.36. The highest BCUT2D eigenvalue weighted by molar-refractivity contribution is 5.86. The lowest BCUT2D eigenvalue weighted by Crippen LogP contribution is -2.50. The number of nitrogens with zero attached hydrogens (tertiary/aromatic N) is 4. The Balaban J connectivity index is 2.10. The summed E-state index contributed by atoms with van der Waals surface area (Å²) in [6, 6.07) is 4.41. The smallest absolute Gasteiger partial charge is 0.164 e. The minimum absolute atomic E-state index is 0.446. The monoisotopic (exact) mass is 229 g/mol. The quantitative estimate of drug-likeness (QED) is 0.784. The lowest BCUT2D eigenvalue weighted by atomic mass is 10.2. The molecule has 0 radical (unpaired) electrons. The van der Waals surface area contributed by atoms with Crippen molar-refractivity contribution >= 4 is 16.9 Å². The van der Waals surface area contributed by atoms with Crippen molar-refractivity contribution in [2.24, 2.45) is 0 Å². The molecule has 2 aromatic heterocycles. The largest absolute Gasteiger partial charge is 0.351 e. The number of hydrogen-bond acceptors (Lipinski definition) is 5. The molecule has 3 rings (SSSR count). The molecule has 5 heteroatoms. The second-order valence-electron chi connectivity index (χ2n) is 4.32. The van der Waals surface area contributed by atoms with Crippen LogP contribution in [0.4, 0.5) is 5.82 Å². The van der Waals surface area contributed by atoms with E-state index in [4.69, 9.17) is 0 Å². The van der Waals surface area contributed by atoms with Crippen LogP contribution in [0, 0.1) is 0 Å². The van der Waals surface area contributed by atoms with Crippen molar-refractivity contribution in [1.82, 2.24) is 20.3 Å². The third-order valence-corrected chi connectivity index (χ3v) is 3.16. The first kappa shape index (κ1) is 10.4. The average molecular weight is 229 g/mol. The van der Waals surface area contributed by atoms with Gasteiger partial charge in [0.15, 0.2) is 5.65 Å². The van der Waals surface area contributed by atoms with Crippen LogP contribution in [0.1, 0.15) is 6.92 Å².